The second-order valence-electron chi connectivity index (χ2n) is 6.95. The highest BCUT2D eigenvalue weighted by Gasteiger charge is 2.25. The van der Waals surface area contributed by atoms with Crippen molar-refractivity contribution in [1.82, 2.24) is 19.9 Å². The van der Waals surface area contributed by atoms with Gasteiger partial charge in [0.25, 0.3) is 5.91 Å². The normalized spacial score (nSPS) is 14.2. The minimum atomic E-state index is 0.0126. The molecule has 7 heteroatoms. The average molecular weight is 372 g/mol. The summed E-state index contributed by atoms with van der Waals surface area (Å²) in [5, 5.41) is 10.1. The molecule has 0 unspecified atom stereocenters. The summed E-state index contributed by atoms with van der Waals surface area (Å²) in [4.78, 5) is 30.0. The van der Waals surface area contributed by atoms with Gasteiger partial charge in [0.2, 0.25) is 0 Å². The van der Waals surface area contributed by atoms with Crippen LogP contribution in [0.15, 0.2) is 36.7 Å². The number of pyridine rings is 1. The van der Waals surface area contributed by atoms with Crippen molar-refractivity contribution >= 4 is 22.6 Å². The third kappa shape index (κ3) is 3.25. The van der Waals surface area contributed by atoms with Gasteiger partial charge in [-0.2, -0.15) is 5.26 Å². The van der Waals surface area contributed by atoms with Gasteiger partial charge >= 0.3 is 0 Å². The summed E-state index contributed by atoms with van der Waals surface area (Å²) in [6.07, 6.45) is 3.10. The summed E-state index contributed by atoms with van der Waals surface area (Å²) in [5.74, 6) is 0.594. The first-order valence-electron chi connectivity index (χ1n) is 9.20. The zero-order chi connectivity index (χ0) is 19.7. The number of nitrogens with zero attached hydrogens (tertiary/aromatic N) is 6. The fourth-order valence-corrected chi connectivity index (χ4v) is 3.58. The number of aromatic nitrogens is 3. The van der Waals surface area contributed by atoms with Crippen LogP contribution < -0.4 is 4.90 Å². The largest absolute Gasteiger partial charge is 0.351 e. The van der Waals surface area contributed by atoms with Gasteiger partial charge in [0.15, 0.2) is 11.5 Å². The van der Waals surface area contributed by atoms with Crippen LogP contribution in [0.3, 0.4) is 0 Å². The van der Waals surface area contributed by atoms with Crippen molar-refractivity contribution in [2.24, 2.45) is 0 Å². The predicted octanol–water partition coefficient (Wildman–Crippen LogP) is 2.48. The number of benzene rings is 1. The highest BCUT2D eigenvalue weighted by atomic mass is 16.2. The van der Waals surface area contributed by atoms with E-state index in [2.05, 4.69) is 21.0 Å². The molecule has 1 saturated heterocycles. The van der Waals surface area contributed by atoms with E-state index in [0.717, 1.165) is 22.2 Å². The number of amides is 1. The van der Waals surface area contributed by atoms with Crippen LogP contribution in [0.25, 0.3) is 10.9 Å². The highest BCUT2D eigenvalue weighted by Crippen LogP contribution is 2.23. The summed E-state index contributed by atoms with van der Waals surface area (Å²) in [6.45, 7) is 6.28. The summed E-state index contributed by atoms with van der Waals surface area (Å²) >= 11 is 0. The standard InChI is InChI=1S/C21H20N6O/c1-14-3-4-16-17(12-15(2)25-18(16)11-14)21(28)27-9-7-26(8-10-27)20-19(13-22)23-5-6-24-20/h3-6,11-12H,7-10H2,1-2H3. The van der Waals surface area contributed by atoms with Crippen molar-refractivity contribution in [2.75, 3.05) is 31.1 Å². The Kier molecular flexibility index (Phi) is 4.62. The molecule has 4 rings (SSSR count). The topological polar surface area (TPSA) is 86.0 Å². The van der Waals surface area contributed by atoms with Gasteiger partial charge in [0, 0.05) is 49.7 Å². The Morgan fingerprint density at radius 2 is 1.82 bits per heavy atom. The lowest BCUT2D eigenvalue weighted by Gasteiger charge is -2.35. The number of anilines is 1. The number of rotatable bonds is 2. The molecule has 1 aliphatic rings. The van der Waals surface area contributed by atoms with Crippen molar-refractivity contribution in [3.8, 4) is 6.07 Å². The Hall–Kier alpha value is -3.53. The molecule has 0 N–H and O–H groups in total. The van der Waals surface area contributed by atoms with Gasteiger partial charge in [-0.3, -0.25) is 9.78 Å². The van der Waals surface area contributed by atoms with Crippen molar-refractivity contribution in [2.45, 2.75) is 13.8 Å². The Labute approximate surface area is 163 Å². The molecule has 7 nitrogen and oxygen atoms in total. The summed E-state index contributed by atoms with van der Waals surface area (Å²) < 4.78 is 0. The number of hydrogen-bond donors (Lipinski definition) is 0. The van der Waals surface area contributed by atoms with Crippen molar-refractivity contribution in [3.63, 3.8) is 0 Å². The van der Waals surface area contributed by atoms with Crippen LogP contribution in [-0.4, -0.2) is 51.9 Å². The quantitative estimate of drug-likeness (QED) is 0.687. The molecule has 0 spiro atoms. The van der Waals surface area contributed by atoms with Crippen LogP contribution in [0, 0.1) is 25.2 Å². The van der Waals surface area contributed by atoms with E-state index in [4.69, 9.17) is 0 Å². The number of nitriles is 1. The Balaban J connectivity index is 1.57. The Morgan fingerprint density at radius 3 is 2.57 bits per heavy atom. The minimum Gasteiger partial charge on any atom is -0.351 e. The number of fused-ring (bicyclic) bond motifs is 1. The molecule has 0 bridgehead atoms. The SMILES string of the molecule is Cc1ccc2c(C(=O)N3CCN(c4nccnc4C#N)CC3)cc(C)nc2c1. The summed E-state index contributed by atoms with van der Waals surface area (Å²) in [7, 11) is 0. The second-order valence-corrected chi connectivity index (χ2v) is 6.95. The van der Waals surface area contributed by atoms with Crippen molar-refractivity contribution in [1.29, 1.82) is 5.26 Å². The molecular formula is C21H20N6O. The lowest BCUT2D eigenvalue weighted by molar-refractivity contribution is 0.0748. The lowest BCUT2D eigenvalue weighted by atomic mass is 10.0. The molecule has 3 heterocycles. The molecule has 0 saturated carbocycles. The molecule has 0 atom stereocenters. The van der Waals surface area contributed by atoms with E-state index in [1.807, 2.05) is 47.9 Å². The van der Waals surface area contributed by atoms with Crippen LogP contribution in [0.4, 0.5) is 5.82 Å². The monoisotopic (exact) mass is 372 g/mol. The van der Waals surface area contributed by atoms with Gasteiger partial charge in [-0.05, 0) is 31.5 Å². The molecule has 3 aromatic rings. The first-order valence-corrected chi connectivity index (χ1v) is 9.20. The van der Waals surface area contributed by atoms with Crippen molar-refractivity contribution < 1.29 is 4.79 Å². The maximum absolute atomic E-state index is 13.2. The summed E-state index contributed by atoms with van der Waals surface area (Å²) in [5.41, 5.74) is 3.80. The van der Waals surface area contributed by atoms with Gasteiger partial charge in [0.1, 0.15) is 6.07 Å². The zero-order valence-corrected chi connectivity index (χ0v) is 15.9. The van der Waals surface area contributed by atoms with Gasteiger partial charge in [-0.25, -0.2) is 9.97 Å². The van der Waals surface area contributed by atoms with Crippen LogP contribution in [0.1, 0.15) is 27.3 Å². The van der Waals surface area contributed by atoms with Crippen LogP contribution >= 0.6 is 0 Å². The van der Waals surface area contributed by atoms with Crippen LogP contribution in [0.5, 0.6) is 0 Å². The molecule has 0 aliphatic carbocycles. The van der Waals surface area contributed by atoms with E-state index in [9.17, 15) is 10.1 Å². The molecule has 1 fully saturated rings. The lowest BCUT2D eigenvalue weighted by Crippen LogP contribution is -2.49. The van der Waals surface area contributed by atoms with Gasteiger partial charge in [0.05, 0.1) is 11.1 Å². The number of aryl methyl sites for hydroxylation is 2. The third-order valence-electron chi connectivity index (χ3n) is 4.98. The zero-order valence-electron chi connectivity index (χ0n) is 15.9. The Bertz CT molecular complexity index is 1090. The van der Waals surface area contributed by atoms with Gasteiger partial charge in [-0.1, -0.05) is 12.1 Å². The number of piperazine rings is 1. The van der Waals surface area contributed by atoms with E-state index in [-0.39, 0.29) is 5.91 Å². The third-order valence-corrected chi connectivity index (χ3v) is 4.98. The van der Waals surface area contributed by atoms with E-state index < -0.39 is 0 Å². The number of carbonyl (C=O) groups excluding carboxylic acids is 1. The number of carbonyl (C=O) groups is 1. The fourth-order valence-electron chi connectivity index (χ4n) is 3.58. The van der Waals surface area contributed by atoms with Crippen LogP contribution in [-0.2, 0) is 0 Å². The predicted molar refractivity (Wildman–Crippen MR) is 106 cm³/mol. The van der Waals surface area contributed by atoms with Gasteiger partial charge < -0.3 is 9.80 Å². The molecule has 0 radical (unpaired) electrons. The van der Waals surface area contributed by atoms with E-state index in [1.165, 1.54) is 6.20 Å². The smallest absolute Gasteiger partial charge is 0.254 e. The molecule has 140 valence electrons. The van der Waals surface area contributed by atoms with E-state index >= 15 is 0 Å². The molecule has 1 amide bonds. The van der Waals surface area contributed by atoms with E-state index in [0.29, 0.717) is 43.3 Å². The minimum absolute atomic E-state index is 0.0126. The van der Waals surface area contributed by atoms with Crippen molar-refractivity contribution in [3.05, 3.63) is 59.2 Å². The molecule has 2 aromatic heterocycles. The maximum atomic E-state index is 13.2. The number of hydrogen-bond acceptors (Lipinski definition) is 6. The summed E-state index contributed by atoms with van der Waals surface area (Å²) in [6, 6.07) is 9.93. The molecule has 28 heavy (non-hydrogen) atoms. The first kappa shape index (κ1) is 17.9. The van der Waals surface area contributed by atoms with Gasteiger partial charge in [-0.15, -0.1) is 0 Å². The Morgan fingerprint density at radius 1 is 1.07 bits per heavy atom. The van der Waals surface area contributed by atoms with E-state index in [1.54, 1.807) is 6.20 Å². The average Bonchev–Trinajstić information content (AvgIpc) is 2.72. The first-order chi connectivity index (χ1) is 13.6. The molecular weight excluding hydrogens is 352 g/mol. The van der Waals surface area contributed by atoms with Crippen LogP contribution in [0.2, 0.25) is 0 Å². The molecule has 1 aromatic carbocycles. The molecule has 1 aliphatic heterocycles. The highest BCUT2D eigenvalue weighted by molar-refractivity contribution is 6.06. The fraction of sp³-hybridized carbons (Fsp3) is 0.286. The second kappa shape index (κ2) is 7.24. The maximum Gasteiger partial charge on any atom is 0.254 e.